The topological polar surface area (TPSA) is 21.3 Å². The lowest BCUT2D eigenvalue weighted by Gasteiger charge is -2.29. The maximum Gasteiger partial charge on any atom is 0.231 e. The highest BCUT2D eigenvalue weighted by molar-refractivity contribution is 6.87. The van der Waals surface area contributed by atoms with Crippen molar-refractivity contribution >= 4 is 24.9 Å². The van der Waals surface area contributed by atoms with E-state index in [1.165, 1.54) is 10.8 Å². The Labute approximate surface area is 147 Å². The molecule has 0 unspecified atom stereocenters. The first-order chi connectivity index (χ1) is 11.6. The van der Waals surface area contributed by atoms with Gasteiger partial charge in [-0.15, -0.1) is 13.2 Å². The quantitative estimate of drug-likeness (QED) is 0.495. The third kappa shape index (κ3) is 4.46. The Morgan fingerprint density at radius 3 is 1.88 bits per heavy atom. The minimum atomic E-state index is -2.06. The number of anilines is 2. The highest BCUT2D eigenvalue weighted by atomic mass is 28.4. The van der Waals surface area contributed by atoms with Crippen LogP contribution >= 0.6 is 0 Å². The van der Waals surface area contributed by atoms with Crippen molar-refractivity contribution < 1.29 is 4.43 Å². The van der Waals surface area contributed by atoms with Gasteiger partial charge >= 0.3 is 0 Å². The second kappa shape index (κ2) is 8.67. The van der Waals surface area contributed by atoms with Crippen LogP contribution in [0.15, 0.2) is 73.8 Å². The molecule has 0 heterocycles. The van der Waals surface area contributed by atoms with E-state index in [1.807, 2.05) is 12.2 Å². The average Bonchev–Trinajstić information content (AvgIpc) is 2.58. The van der Waals surface area contributed by atoms with Crippen LogP contribution in [0.4, 0.5) is 11.4 Å². The number of nitrogens with one attached hydrogen (secondary N) is 1. The summed E-state index contributed by atoms with van der Waals surface area (Å²) < 4.78 is 6.24. The SMILES string of the molecule is C=CC[Si](CC=C)(OCC)c1ccc(Nc2ccc(C)cc2)cc1. The maximum absolute atomic E-state index is 6.24. The zero-order valence-electron chi connectivity index (χ0n) is 14.7. The summed E-state index contributed by atoms with van der Waals surface area (Å²) in [7, 11) is -2.06. The van der Waals surface area contributed by atoms with Gasteiger partial charge in [-0.05, 0) is 55.4 Å². The number of hydrogen-bond acceptors (Lipinski definition) is 2. The van der Waals surface area contributed by atoms with Crippen LogP contribution in [0.25, 0.3) is 0 Å². The molecule has 1 N–H and O–H groups in total. The number of allylic oxidation sites excluding steroid dienone is 2. The number of aryl methyl sites for hydroxylation is 1. The number of benzene rings is 2. The smallest absolute Gasteiger partial charge is 0.231 e. The molecule has 0 saturated heterocycles. The van der Waals surface area contributed by atoms with Crippen molar-refractivity contribution in [3.05, 3.63) is 79.4 Å². The Kier molecular flexibility index (Phi) is 6.59. The molecule has 0 aromatic heterocycles. The Hall–Kier alpha value is -2.10. The third-order valence-electron chi connectivity index (χ3n) is 4.12. The number of rotatable bonds is 9. The molecule has 2 aromatic carbocycles. The van der Waals surface area contributed by atoms with Crippen molar-refractivity contribution in [2.24, 2.45) is 0 Å². The molecule has 2 nitrogen and oxygen atoms in total. The molecule has 0 bridgehead atoms. The molecule has 0 saturated carbocycles. The van der Waals surface area contributed by atoms with Gasteiger partial charge in [-0.25, -0.2) is 0 Å². The molecular formula is C21H27NOSi. The van der Waals surface area contributed by atoms with Crippen LogP contribution in [-0.4, -0.2) is 14.9 Å². The summed E-state index contributed by atoms with van der Waals surface area (Å²) in [4.78, 5) is 0. The van der Waals surface area contributed by atoms with Crippen LogP contribution in [-0.2, 0) is 4.43 Å². The fourth-order valence-corrected chi connectivity index (χ4v) is 6.22. The van der Waals surface area contributed by atoms with Crippen LogP contribution in [0.2, 0.25) is 12.1 Å². The lowest BCUT2D eigenvalue weighted by molar-refractivity contribution is 0.333. The van der Waals surface area contributed by atoms with E-state index in [-0.39, 0.29) is 0 Å². The molecule has 126 valence electrons. The minimum absolute atomic E-state index is 0.720. The molecule has 0 spiro atoms. The van der Waals surface area contributed by atoms with Gasteiger partial charge in [-0.2, -0.15) is 0 Å². The predicted molar refractivity (Wildman–Crippen MR) is 108 cm³/mol. The number of hydrogen-bond donors (Lipinski definition) is 1. The van der Waals surface area contributed by atoms with Gasteiger partial charge in [0.25, 0.3) is 0 Å². The van der Waals surface area contributed by atoms with Gasteiger partial charge in [0.05, 0.1) is 0 Å². The molecule has 0 aliphatic heterocycles. The molecule has 0 fully saturated rings. The van der Waals surface area contributed by atoms with Crippen molar-refractivity contribution in [2.75, 3.05) is 11.9 Å². The van der Waals surface area contributed by atoms with Crippen molar-refractivity contribution in [1.29, 1.82) is 0 Å². The highest BCUT2D eigenvalue weighted by Crippen LogP contribution is 2.21. The predicted octanol–water partition coefficient (Wildman–Crippen LogP) is 5.30. The second-order valence-electron chi connectivity index (χ2n) is 5.98. The summed E-state index contributed by atoms with van der Waals surface area (Å²) in [6.45, 7) is 12.7. The summed E-state index contributed by atoms with van der Waals surface area (Å²) in [5.41, 5.74) is 3.44. The van der Waals surface area contributed by atoms with Gasteiger partial charge in [0.1, 0.15) is 0 Å². The van der Waals surface area contributed by atoms with Crippen LogP contribution in [0.5, 0.6) is 0 Å². The van der Waals surface area contributed by atoms with Crippen LogP contribution in [0.1, 0.15) is 12.5 Å². The van der Waals surface area contributed by atoms with E-state index in [1.54, 1.807) is 0 Å². The summed E-state index contributed by atoms with van der Waals surface area (Å²) in [5, 5.41) is 4.73. The first-order valence-corrected chi connectivity index (χ1v) is 10.8. The molecule has 24 heavy (non-hydrogen) atoms. The van der Waals surface area contributed by atoms with Gasteiger partial charge in [0.2, 0.25) is 8.32 Å². The molecule has 2 aromatic rings. The Balaban J connectivity index is 2.22. The normalized spacial score (nSPS) is 11.1. The van der Waals surface area contributed by atoms with Crippen LogP contribution in [0, 0.1) is 6.92 Å². The van der Waals surface area contributed by atoms with Gasteiger partial charge in [-0.3, -0.25) is 0 Å². The summed E-state index contributed by atoms with van der Waals surface area (Å²) in [6.07, 6.45) is 3.95. The Bertz CT molecular complexity index is 651. The zero-order valence-corrected chi connectivity index (χ0v) is 15.7. The van der Waals surface area contributed by atoms with E-state index >= 15 is 0 Å². The van der Waals surface area contributed by atoms with E-state index in [4.69, 9.17) is 4.43 Å². The molecule has 2 rings (SSSR count). The summed E-state index contributed by atoms with van der Waals surface area (Å²) in [6, 6.07) is 18.8. The Morgan fingerprint density at radius 1 is 0.917 bits per heavy atom. The molecule has 0 aliphatic carbocycles. The van der Waals surface area contributed by atoms with E-state index in [0.29, 0.717) is 0 Å². The van der Waals surface area contributed by atoms with Crippen molar-refractivity contribution in [3.63, 3.8) is 0 Å². The fraction of sp³-hybridized carbons (Fsp3) is 0.238. The Morgan fingerprint density at radius 2 is 1.42 bits per heavy atom. The molecule has 0 amide bonds. The third-order valence-corrected chi connectivity index (χ3v) is 8.24. The van der Waals surface area contributed by atoms with Gasteiger partial charge in [0, 0.05) is 18.0 Å². The van der Waals surface area contributed by atoms with Crippen LogP contribution < -0.4 is 10.5 Å². The maximum atomic E-state index is 6.24. The summed E-state index contributed by atoms with van der Waals surface area (Å²) in [5.74, 6) is 0. The first kappa shape index (κ1) is 18.2. The molecule has 0 aliphatic rings. The molecular weight excluding hydrogens is 310 g/mol. The van der Waals surface area contributed by atoms with Crippen molar-refractivity contribution in [2.45, 2.75) is 25.9 Å². The molecule has 3 heteroatoms. The highest BCUT2D eigenvalue weighted by Gasteiger charge is 2.34. The van der Waals surface area contributed by atoms with E-state index in [9.17, 15) is 0 Å². The fourth-order valence-electron chi connectivity index (χ4n) is 2.92. The zero-order chi connectivity index (χ0) is 17.4. The average molecular weight is 338 g/mol. The standard InChI is InChI=1S/C21H27NOSi/c1-5-16-24(17-6-2,23-7-3)21-14-12-20(13-15-21)22-19-10-8-18(4)9-11-19/h5-6,8-15,22H,1-2,7,16-17H2,3-4H3. The first-order valence-electron chi connectivity index (χ1n) is 8.43. The van der Waals surface area contributed by atoms with Crippen molar-refractivity contribution in [3.8, 4) is 0 Å². The monoisotopic (exact) mass is 337 g/mol. The van der Waals surface area contributed by atoms with Gasteiger partial charge in [-0.1, -0.05) is 42.0 Å². The minimum Gasteiger partial charge on any atom is -0.412 e. The second-order valence-corrected chi connectivity index (χ2v) is 9.65. The molecule has 0 atom stereocenters. The van der Waals surface area contributed by atoms with Gasteiger partial charge in [0.15, 0.2) is 0 Å². The molecule has 0 radical (unpaired) electrons. The van der Waals surface area contributed by atoms with E-state index in [0.717, 1.165) is 30.1 Å². The lowest BCUT2D eigenvalue weighted by Crippen LogP contribution is -2.50. The van der Waals surface area contributed by atoms with Gasteiger partial charge < -0.3 is 9.74 Å². The van der Waals surface area contributed by atoms with Crippen molar-refractivity contribution in [1.82, 2.24) is 0 Å². The summed E-state index contributed by atoms with van der Waals surface area (Å²) >= 11 is 0. The van der Waals surface area contributed by atoms with E-state index in [2.05, 4.69) is 80.9 Å². The largest absolute Gasteiger partial charge is 0.412 e. The van der Waals surface area contributed by atoms with Crippen LogP contribution in [0.3, 0.4) is 0 Å². The lowest BCUT2D eigenvalue weighted by atomic mass is 10.2. The van der Waals surface area contributed by atoms with E-state index < -0.39 is 8.32 Å².